The second-order valence-electron chi connectivity index (χ2n) is 11.7. The van der Waals surface area contributed by atoms with Gasteiger partial charge in [0.25, 0.3) is 0 Å². The highest BCUT2D eigenvalue weighted by atomic mass is 19.4. The number of pyridine rings is 1. The molecule has 3 aromatic heterocycles. The number of hydrogen-bond donors (Lipinski definition) is 0. The van der Waals surface area contributed by atoms with Crippen LogP contribution in [0.25, 0.3) is 11.2 Å². The van der Waals surface area contributed by atoms with Crippen molar-refractivity contribution in [3.63, 3.8) is 0 Å². The lowest BCUT2D eigenvalue weighted by Gasteiger charge is -2.42. The highest BCUT2D eigenvalue weighted by Crippen LogP contribution is 2.38. The van der Waals surface area contributed by atoms with E-state index in [1.54, 1.807) is 16.9 Å². The fraction of sp³-hybridized carbons (Fsp3) is 0.467. The van der Waals surface area contributed by atoms with Crippen LogP contribution < -0.4 is 5.69 Å². The van der Waals surface area contributed by atoms with Crippen LogP contribution in [0.2, 0.25) is 0 Å². The highest BCUT2D eigenvalue weighted by molar-refractivity contribution is 5.58. The Morgan fingerprint density at radius 2 is 1.95 bits per heavy atom. The van der Waals surface area contributed by atoms with Gasteiger partial charge in [-0.15, -0.1) is 0 Å². The van der Waals surface area contributed by atoms with Gasteiger partial charge in [0, 0.05) is 50.6 Å². The Kier molecular flexibility index (Phi) is 6.65. The molecule has 7 nitrogen and oxygen atoms in total. The van der Waals surface area contributed by atoms with E-state index in [1.165, 1.54) is 16.8 Å². The maximum atomic E-state index is 14.2. The summed E-state index contributed by atoms with van der Waals surface area (Å²) < 4.78 is 52.6. The third-order valence-electron chi connectivity index (χ3n) is 8.39. The highest BCUT2D eigenvalue weighted by Gasteiger charge is 2.42. The lowest BCUT2D eigenvalue weighted by molar-refractivity contribution is -0.136. The molecule has 1 atom stereocenters. The molecule has 10 heteroatoms. The van der Waals surface area contributed by atoms with Gasteiger partial charge in [-0.3, -0.25) is 18.5 Å². The number of piperidine rings is 1. The van der Waals surface area contributed by atoms with Gasteiger partial charge in [-0.1, -0.05) is 19.1 Å². The van der Waals surface area contributed by atoms with Gasteiger partial charge in [0.05, 0.1) is 35.7 Å². The van der Waals surface area contributed by atoms with Crippen LogP contribution in [-0.4, -0.2) is 50.0 Å². The molecule has 6 rings (SSSR count). The fourth-order valence-electron chi connectivity index (χ4n) is 6.29. The van der Waals surface area contributed by atoms with E-state index >= 15 is 0 Å². The summed E-state index contributed by atoms with van der Waals surface area (Å²) in [5, 5.41) is 4.61. The SMILES string of the molecule is Cc1cn(C)nc1CC1(c2cccc(-n3cc4c(C(F)(F)F)cc(CN5CCC[C@H](C)C5)cn4c3=O)c2)COC1. The number of imidazole rings is 1. The molecule has 5 heterocycles. The lowest BCUT2D eigenvalue weighted by atomic mass is 9.74. The van der Waals surface area contributed by atoms with Crippen LogP contribution in [0.5, 0.6) is 0 Å². The van der Waals surface area contributed by atoms with Crippen molar-refractivity contribution in [3.05, 3.63) is 87.4 Å². The van der Waals surface area contributed by atoms with Crippen LogP contribution in [0, 0.1) is 12.8 Å². The van der Waals surface area contributed by atoms with Gasteiger partial charge in [-0.05, 0) is 67.1 Å². The van der Waals surface area contributed by atoms with Gasteiger partial charge in [0.1, 0.15) is 0 Å². The molecule has 0 amide bonds. The molecule has 2 fully saturated rings. The summed E-state index contributed by atoms with van der Waals surface area (Å²) in [6.45, 7) is 7.27. The van der Waals surface area contributed by atoms with Crippen molar-refractivity contribution in [1.29, 1.82) is 0 Å². The second-order valence-corrected chi connectivity index (χ2v) is 11.7. The summed E-state index contributed by atoms with van der Waals surface area (Å²) in [5.74, 6) is 0.501. The maximum Gasteiger partial charge on any atom is 0.418 e. The minimum atomic E-state index is -4.59. The first-order valence-corrected chi connectivity index (χ1v) is 13.8. The van der Waals surface area contributed by atoms with E-state index in [9.17, 15) is 18.0 Å². The van der Waals surface area contributed by atoms with Crippen molar-refractivity contribution in [2.75, 3.05) is 26.3 Å². The van der Waals surface area contributed by atoms with Gasteiger partial charge < -0.3 is 4.74 Å². The number of alkyl halides is 3. The summed E-state index contributed by atoms with van der Waals surface area (Å²) in [6, 6.07) is 8.69. The van der Waals surface area contributed by atoms with Crippen molar-refractivity contribution in [1.82, 2.24) is 23.6 Å². The molecule has 2 aliphatic rings. The van der Waals surface area contributed by atoms with E-state index < -0.39 is 17.4 Å². The number of rotatable bonds is 6. The number of fused-ring (bicyclic) bond motifs is 1. The number of hydrogen-bond acceptors (Lipinski definition) is 4. The Hall–Kier alpha value is -3.37. The molecule has 212 valence electrons. The minimum absolute atomic E-state index is 0.149. The molecule has 0 spiro atoms. The van der Waals surface area contributed by atoms with E-state index in [0.717, 1.165) is 47.2 Å². The Morgan fingerprint density at radius 1 is 1.15 bits per heavy atom. The van der Waals surface area contributed by atoms with Gasteiger partial charge in [0.2, 0.25) is 0 Å². The standard InChI is InChI=1S/C30H34F3N5O2/c1-20-6-5-9-36(13-20)15-22-10-25(30(31,32)33)27-17-37(28(39)38(27)16-22)24-8-4-7-23(11-24)29(18-40-19-29)12-26-21(2)14-35(3)34-26/h4,7-8,10-11,14,16-17,20H,5-6,9,12-13,15,18-19H2,1-3H3/t20-/m0/s1. The third-order valence-corrected chi connectivity index (χ3v) is 8.39. The molecule has 0 saturated carbocycles. The quantitative estimate of drug-likeness (QED) is 0.341. The Balaban J connectivity index is 1.39. The Labute approximate surface area is 230 Å². The number of benzene rings is 1. The van der Waals surface area contributed by atoms with Crippen LogP contribution in [0.4, 0.5) is 13.2 Å². The number of ether oxygens (including phenoxy) is 1. The summed E-state index contributed by atoms with van der Waals surface area (Å²) in [5.41, 5.74) is 2.27. The molecule has 2 saturated heterocycles. The van der Waals surface area contributed by atoms with E-state index in [2.05, 4.69) is 16.9 Å². The molecule has 0 N–H and O–H groups in total. The zero-order valence-electron chi connectivity index (χ0n) is 23.0. The van der Waals surface area contributed by atoms with Crippen LogP contribution in [-0.2, 0) is 36.3 Å². The summed E-state index contributed by atoms with van der Waals surface area (Å²) in [7, 11) is 1.89. The second kappa shape index (κ2) is 9.92. The lowest BCUT2D eigenvalue weighted by Crippen LogP contribution is -2.48. The van der Waals surface area contributed by atoms with Crippen molar-refractivity contribution in [3.8, 4) is 5.69 Å². The van der Waals surface area contributed by atoms with Gasteiger partial charge in [0.15, 0.2) is 0 Å². The zero-order valence-corrected chi connectivity index (χ0v) is 23.0. The summed E-state index contributed by atoms with van der Waals surface area (Å²) in [6.07, 6.45) is 3.08. The van der Waals surface area contributed by atoms with Gasteiger partial charge in [-0.2, -0.15) is 18.3 Å². The smallest absolute Gasteiger partial charge is 0.379 e. The fourth-order valence-corrected chi connectivity index (χ4v) is 6.29. The monoisotopic (exact) mass is 553 g/mol. The van der Waals surface area contributed by atoms with Crippen molar-refractivity contribution in [2.24, 2.45) is 13.0 Å². The van der Waals surface area contributed by atoms with Crippen molar-refractivity contribution in [2.45, 2.75) is 51.2 Å². The first-order chi connectivity index (χ1) is 19.0. The van der Waals surface area contributed by atoms with Crippen LogP contribution >= 0.6 is 0 Å². The molecule has 2 aliphatic heterocycles. The maximum absolute atomic E-state index is 14.2. The number of aryl methyl sites for hydroxylation is 2. The summed E-state index contributed by atoms with van der Waals surface area (Å²) >= 11 is 0. The largest absolute Gasteiger partial charge is 0.418 e. The molecular weight excluding hydrogens is 519 g/mol. The predicted molar refractivity (Wildman–Crippen MR) is 146 cm³/mol. The number of aromatic nitrogens is 4. The number of likely N-dealkylation sites (tertiary alicyclic amines) is 1. The first kappa shape index (κ1) is 26.8. The van der Waals surface area contributed by atoms with Crippen molar-refractivity contribution >= 4 is 5.52 Å². The van der Waals surface area contributed by atoms with E-state index in [1.807, 2.05) is 38.4 Å². The average molecular weight is 554 g/mol. The third kappa shape index (κ3) is 4.88. The predicted octanol–water partition coefficient (Wildman–Crippen LogP) is 4.89. The molecule has 0 bridgehead atoms. The molecule has 40 heavy (non-hydrogen) atoms. The first-order valence-electron chi connectivity index (χ1n) is 13.8. The van der Waals surface area contributed by atoms with E-state index in [-0.39, 0.29) is 10.9 Å². The Morgan fingerprint density at radius 3 is 2.60 bits per heavy atom. The van der Waals surface area contributed by atoms with Crippen LogP contribution in [0.3, 0.4) is 0 Å². The van der Waals surface area contributed by atoms with Crippen LogP contribution in [0.15, 0.2) is 53.7 Å². The van der Waals surface area contributed by atoms with E-state index in [0.29, 0.717) is 43.3 Å². The van der Waals surface area contributed by atoms with E-state index in [4.69, 9.17) is 4.74 Å². The minimum Gasteiger partial charge on any atom is -0.379 e. The number of nitrogens with zero attached hydrogens (tertiary/aromatic N) is 5. The molecular formula is C30H34F3N5O2. The van der Waals surface area contributed by atoms with Gasteiger partial charge in [-0.25, -0.2) is 4.79 Å². The molecule has 0 unspecified atom stereocenters. The molecule has 0 aliphatic carbocycles. The number of halogens is 3. The molecule has 4 aromatic rings. The zero-order chi connectivity index (χ0) is 28.2. The summed E-state index contributed by atoms with van der Waals surface area (Å²) in [4.78, 5) is 15.8. The molecule has 0 radical (unpaired) electrons. The topological polar surface area (TPSA) is 56.7 Å². The average Bonchev–Trinajstić information content (AvgIpc) is 3.37. The van der Waals surface area contributed by atoms with Crippen molar-refractivity contribution < 1.29 is 17.9 Å². The van der Waals surface area contributed by atoms with Crippen LogP contribution in [0.1, 0.15) is 47.7 Å². The Bertz CT molecular complexity index is 1610. The molecule has 1 aromatic carbocycles. The normalized spacial score (nSPS) is 19.7. The van der Waals surface area contributed by atoms with Gasteiger partial charge >= 0.3 is 11.9 Å².